The molecule has 0 spiro atoms. The van der Waals surface area contributed by atoms with Crippen molar-refractivity contribution >= 4 is 0 Å². The van der Waals surface area contributed by atoms with Crippen LogP contribution in [-0.2, 0) is 0 Å². The minimum atomic E-state index is 0.0972. The van der Waals surface area contributed by atoms with Crippen LogP contribution in [0.4, 0.5) is 0 Å². The molecule has 4 nitrogen and oxygen atoms in total. The molecule has 0 atom stereocenters. The van der Waals surface area contributed by atoms with Crippen LogP contribution in [0.25, 0.3) is 0 Å². The Labute approximate surface area is 49.6 Å². The molecule has 0 unspecified atom stereocenters. The Bertz CT molecular complexity index is 13.2. The first-order valence-electron chi connectivity index (χ1n) is 2.12. The molecule has 0 fully saturated rings. The fraction of sp³-hybridized carbons (Fsp3) is 1.00. The second-order valence-electron chi connectivity index (χ2n) is 0.512. The Morgan fingerprint density at radius 3 is 1.25 bits per heavy atom. The first-order chi connectivity index (χ1) is 3.91. The lowest BCUT2D eigenvalue weighted by Gasteiger charge is -1.71. The number of hydrogen-bond donors (Lipinski definition) is 4. The lowest BCUT2D eigenvalue weighted by atomic mass is 10.8. The second-order valence-corrected chi connectivity index (χ2v) is 0.512. The zero-order valence-corrected chi connectivity index (χ0v) is 5.33. The highest BCUT2D eigenvalue weighted by Crippen LogP contribution is 1.33. The molecule has 5 N–H and O–H groups in total. The number of nitrogens with two attached hydrogens (primary N) is 1. The lowest BCUT2D eigenvalue weighted by Crippen LogP contribution is -2.02. The Kier molecular flexibility index (Phi) is 135. The third kappa shape index (κ3) is 194. The Hall–Kier alpha value is -0.160. The van der Waals surface area contributed by atoms with E-state index < -0.39 is 0 Å². The average Bonchev–Trinajstić information content (AvgIpc) is 1.96. The van der Waals surface area contributed by atoms with Crippen molar-refractivity contribution in [3.63, 3.8) is 0 Å². The van der Waals surface area contributed by atoms with Gasteiger partial charge in [-0.15, -0.1) is 0 Å². The van der Waals surface area contributed by atoms with Crippen molar-refractivity contribution in [3.05, 3.63) is 0 Å². The SMILES string of the molecule is CO.CO.NCCO. The highest BCUT2D eigenvalue weighted by atomic mass is 16.3. The quantitative estimate of drug-likeness (QED) is 0.331. The number of rotatable bonds is 1. The van der Waals surface area contributed by atoms with Gasteiger partial charge in [0.25, 0.3) is 0 Å². The van der Waals surface area contributed by atoms with E-state index >= 15 is 0 Å². The minimum Gasteiger partial charge on any atom is -0.400 e. The summed E-state index contributed by atoms with van der Waals surface area (Å²) in [4.78, 5) is 0. The number of hydrogen-bond acceptors (Lipinski definition) is 4. The van der Waals surface area contributed by atoms with Gasteiger partial charge in [0.15, 0.2) is 0 Å². The molecule has 0 aromatic carbocycles. The summed E-state index contributed by atoms with van der Waals surface area (Å²) in [5, 5.41) is 21.8. The topological polar surface area (TPSA) is 86.7 Å². The first kappa shape index (κ1) is 15.7. The monoisotopic (exact) mass is 125 g/mol. The van der Waals surface area contributed by atoms with Gasteiger partial charge in [-0.1, -0.05) is 0 Å². The summed E-state index contributed by atoms with van der Waals surface area (Å²) in [7, 11) is 2.00. The van der Waals surface area contributed by atoms with Crippen LogP contribution >= 0.6 is 0 Å². The summed E-state index contributed by atoms with van der Waals surface area (Å²) in [5.74, 6) is 0. The van der Waals surface area contributed by atoms with Gasteiger partial charge >= 0.3 is 0 Å². The molecule has 4 heteroatoms. The van der Waals surface area contributed by atoms with Gasteiger partial charge in [-0.25, -0.2) is 0 Å². The molecule has 0 aliphatic heterocycles. The van der Waals surface area contributed by atoms with E-state index in [2.05, 4.69) is 0 Å². The van der Waals surface area contributed by atoms with Crippen LogP contribution in [0, 0.1) is 0 Å². The van der Waals surface area contributed by atoms with Gasteiger partial charge in [0.2, 0.25) is 0 Å². The maximum Gasteiger partial charge on any atom is 0.0553 e. The van der Waals surface area contributed by atoms with E-state index in [9.17, 15) is 0 Å². The molecule has 0 aromatic heterocycles. The van der Waals surface area contributed by atoms with Crippen LogP contribution in [0.15, 0.2) is 0 Å². The van der Waals surface area contributed by atoms with Gasteiger partial charge in [0.05, 0.1) is 6.61 Å². The van der Waals surface area contributed by atoms with Crippen LogP contribution in [0.5, 0.6) is 0 Å². The summed E-state index contributed by atoms with van der Waals surface area (Å²) in [6.45, 7) is 0.472. The van der Waals surface area contributed by atoms with Crippen LogP contribution in [0.3, 0.4) is 0 Å². The maximum absolute atomic E-state index is 7.75. The molecule has 0 aromatic rings. The van der Waals surface area contributed by atoms with E-state index in [0.29, 0.717) is 6.54 Å². The molecule has 0 bridgehead atoms. The minimum absolute atomic E-state index is 0.0972. The molecule has 8 heavy (non-hydrogen) atoms. The Morgan fingerprint density at radius 2 is 1.25 bits per heavy atom. The molecule has 54 valence electrons. The first-order valence-corrected chi connectivity index (χ1v) is 2.12. The average molecular weight is 125 g/mol. The Balaban J connectivity index is -0.0000000542. The van der Waals surface area contributed by atoms with E-state index in [-0.39, 0.29) is 6.61 Å². The standard InChI is InChI=1S/C2H7NO.2CH4O/c3-1-2-4;2*1-2/h4H,1-3H2;2*2H,1H3. The fourth-order valence-corrected chi connectivity index (χ4v) is 0. The third-order valence-electron chi connectivity index (χ3n) is 0.129. The van der Waals surface area contributed by atoms with E-state index in [1.165, 1.54) is 0 Å². The van der Waals surface area contributed by atoms with Crippen LogP contribution in [0.2, 0.25) is 0 Å². The zero-order chi connectivity index (χ0) is 7.41. The molecule has 0 rings (SSSR count). The van der Waals surface area contributed by atoms with Gasteiger partial charge in [-0.3, -0.25) is 0 Å². The van der Waals surface area contributed by atoms with Crippen molar-refractivity contribution in [3.8, 4) is 0 Å². The summed E-state index contributed by atoms with van der Waals surface area (Å²) in [6.07, 6.45) is 0. The Morgan fingerprint density at radius 1 is 1.12 bits per heavy atom. The van der Waals surface area contributed by atoms with Crippen molar-refractivity contribution in [2.75, 3.05) is 27.4 Å². The summed E-state index contributed by atoms with van der Waals surface area (Å²) in [6, 6.07) is 0. The normalized spacial score (nSPS) is 5.25. The predicted molar refractivity (Wildman–Crippen MR) is 32.4 cm³/mol. The van der Waals surface area contributed by atoms with Crippen molar-refractivity contribution in [2.45, 2.75) is 0 Å². The molecular weight excluding hydrogens is 110 g/mol. The molecular formula is C4H15NO3. The fourth-order valence-electron chi connectivity index (χ4n) is 0. The molecule has 0 aliphatic carbocycles. The molecule has 0 saturated heterocycles. The third-order valence-corrected chi connectivity index (χ3v) is 0.129. The molecule has 0 radical (unpaired) electrons. The smallest absolute Gasteiger partial charge is 0.0553 e. The summed E-state index contributed by atoms with van der Waals surface area (Å²) < 4.78 is 0. The van der Waals surface area contributed by atoms with Gasteiger partial charge in [-0.2, -0.15) is 0 Å². The van der Waals surface area contributed by atoms with E-state index in [1.54, 1.807) is 0 Å². The van der Waals surface area contributed by atoms with E-state index in [1.807, 2.05) is 0 Å². The summed E-state index contributed by atoms with van der Waals surface area (Å²) >= 11 is 0. The predicted octanol–water partition coefficient (Wildman–Crippen LogP) is -1.85. The molecule has 0 aliphatic rings. The van der Waals surface area contributed by atoms with Gasteiger partial charge < -0.3 is 21.1 Å². The molecule has 0 saturated carbocycles. The van der Waals surface area contributed by atoms with Crippen molar-refractivity contribution < 1.29 is 15.3 Å². The van der Waals surface area contributed by atoms with Crippen molar-refractivity contribution in [1.29, 1.82) is 0 Å². The largest absolute Gasteiger partial charge is 0.400 e. The van der Waals surface area contributed by atoms with Crippen LogP contribution in [-0.4, -0.2) is 42.7 Å². The summed E-state index contributed by atoms with van der Waals surface area (Å²) in [5.41, 5.74) is 4.78. The van der Waals surface area contributed by atoms with Crippen molar-refractivity contribution in [2.24, 2.45) is 5.73 Å². The zero-order valence-electron chi connectivity index (χ0n) is 5.33. The molecule has 0 heterocycles. The van der Waals surface area contributed by atoms with Crippen LogP contribution < -0.4 is 5.73 Å². The van der Waals surface area contributed by atoms with Crippen LogP contribution in [0.1, 0.15) is 0 Å². The van der Waals surface area contributed by atoms with Crippen molar-refractivity contribution in [1.82, 2.24) is 0 Å². The van der Waals surface area contributed by atoms with Gasteiger partial charge in [-0.05, 0) is 0 Å². The number of aliphatic hydroxyl groups is 3. The lowest BCUT2D eigenvalue weighted by molar-refractivity contribution is 0.306. The van der Waals surface area contributed by atoms with Gasteiger partial charge in [0, 0.05) is 20.8 Å². The maximum atomic E-state index is 7.75. The molecule has 0 amide bonds. The highest BCUT2D eigenvalue weighted by molar-refractivity contribution is 4.17. The number of aliphatic hydroxyl groups excluding tert-OH is 3. The van der Waals surface area contributed by atoms with E-state index in [4.69, 9.17) is 21.1 Å². The highest BCUT2D eigenvalue weighted by Gasteiger charge is 1.56. The second kappa shape index (κ2) is 68.9. The van der Waals surface area contributed by atoms with E-state index in [0.717, 1.165) is 14.2 Å². The van der Waals surface area contributed by atoms with Gasteiger partial charge in [0.1, 0.15) is 0 Å².